The molecule has 0 atom stereocenters. The third-order valence-electron chi connectivity index (χ3n) is 3.33. The maximum Gasteiger partial charge on any atom is 0.264 e. The molecule has 0 bridgehead atoms. The fourth-order valence-corrected chi connectivity index (χ4v) is 3.25. The number of hydrogen-bond donors (Lipinski definition) is 1. The summed E-state index contributed by atoms with van der Waals surface area (Å²) in [6.07, 6.45) is 3.48. The molecule has 0 unspecified atom stereocenters. The molecule has 1 heterocycles. The molecule has 0 radical (unpaired) electrons. The molecule has 4 nitrogen and oxygen atoms in total. The molecule has 1 amide bonds. The highest BCUT2D eigenvalue weighted by atomic mass is 35.5. The van der Waals surface area contributed by atoms with Gasteiger partial charge in [-0.1, -0.05) is 48.0 Å². The van der Waals surface area contributed by atoms with Crippen LogP contribution in [0.3, 0.4) is 0 Å². The lowest BCUT2D eigenvalue weighted by molar-refractivity contribution is -0.115. The van der Waals surface area contributed by atoms with Crippen molar-refractivity contribution in [1.29, 1.82) is 0 Å². The highest BCUT2D eigenvalue weighted by molar-refractivity contribution is 8.18. The fourth-order valence-electron chi connectivity index (χ4n) is 2.12. The standard InChI is InChI=1S/C19H14Cl2N2O2S/c1-2-9-25-14-6-3-12(4-7-14)10-17-18(24)23-19(26-17)22-13-5-8-15(20)16(21)11-13/h2-8,10-11H,1,9H2,(H,22,23,24). The Labute approximate surface area is 165 Å². The van der Waals surface area contributed by atoms with Crippen LogP contribution in [0.5, 0.6) is 5.75 Å². The number of carbonyl (C=O) groups excluding carboxylic acids is 1. The van der Waals surface area contributed by atoms with Crippen molar-refractivity contribution in [3.63, 3.8) is 0 Å². The zero-order chi connectivity index (χ0) is 18.5. The van der Waals surface area contributed by atoms with Gasteiger partial charge in [-0.25, -0.2) is 4.99 Å². The number of thioether (sulfide) groups is 1. The zero-order valence-electron chi connectivity index (χ0n) is 13.5. The second kappa shape index (κ2) is 8.45. The number of halogens is 2. The summed E-state index contributed by atoms with van der Waals surface area (Å²) >= 11 is 13.1. The minimum absolute atomic E-state index is 0.194. The van der Waals surface area contributed by atoms with E-state index >= 15 is 0 Å². The summed E-state index contributed by atoms with van der Waals surface area (Å²) < 4.78 is 5.44. The maximum absolute atomic E-state index is 12.1. The number of benzene rings is 2. The van der Waals surface area contributed by atoms with Gasteiger partial charge >= 0.3 is 0 Å². The van der Waals surface area contributed by atoms with Crippen molar-refractivity contribution in [2.45, 2.75) is 0 Å². The van der Waals surface area contributed by atoms with Gasteiger partial charge in [-0.15, -0.1) is 0 Å². The first-order chi connectivity index (χ1) is 12.5. The molecule has 0 aliphatic carbocycles. The summed E-state index contributed by atoms with van der Waals surface area (Å²) in [6.45, 7) is 4.06. The summed E-state index contributed by atoms with van der Waals surface area (Å²) in [5, 5.41) is 4.10. The van der Waals surface area contributed by atoms with Crippen LogP contribution in [0.2, 0.25) is 10.0 Å². The third-order valence-corrected chi connectivity index (χ3v) is 4.98. The van der Waals surface area contributed by atoms with E-state index in [1.54, 1.807) is 30.4 Å². The molecular weight excluding hydrogens is 391 g/mol. The van der Waals surface area contributed by atoms with Crippen LogP contribution >= 0.6 is 35.0 Å². The Morgan fingerprint density at radius 2 is 1.92 bits per heavy atom. The van der Waals surface area contributed by atoms with Gasteiger partial charge < -0.3 is 10.1 Å². The normalized spacial score (nSPS) is 16.8. The first-order valence-corrected chi connectivity index (χ1v) is 9.21. The van der Waals surface area contributed by atoms with E-state index in [4.69, 9.17) is 27.9 Å². The first kappa shape index (κ1) is 18.6. The predicted octanol–water partition coefficient (Wildman–Crippen LogP) is 5.45. The number of amidine groups is 1. The molecule has 0 spiro atoms. The number of nitrogens with zero attached hydrogens (tertiary/aromatic N) is 1. The van der Waals surface area contributed by atoms with Crippen LogP contribution in [0.15, 0.2) is 65.0 Å². The summed E-state index contributed by atoms with van der Waals surface area (Å²) in [6, 6.07) is 12.5. The SMILES string of the molecule is C=CCOc1ccc(C=C2SC(=Nc3ccc(Cl)c(Cl)c3)NC2=O)cc1. The van der Waals surface area contributed by atoms with E-state index in [-0.39, 0.29) is 5.91 Å². The molecule has 26 heavy (non-hydrogen) atoms. The summed E-state index contributed by atoms with van der Waals surface area (Å²) in [4.78, 5) is 17.1. The highest BCUT2D eigenvalue weighted by Gasteiger charge is 2.23. The van der Waals surface area contributed by atoms with Crippen molar-refractivity contribution in [2.75, 3.05) is 6.61 Å². The second-order valence-electron chi connectivity index (χ2n) is 5.25. The summed E-state index contributed by atoms with van der Waals surface area (Å²) in [5.74, 6) is 0.554. The average Bonchev–Trinajstić information content (AvgIpc) is 2.96. The Morgan fingerprint density at radius 1 is 1.15 bits per heavy atom. The number of aliphatic imine (C=N–C) groups is 1. The molecular formula is C19H14Cl2N2O2S. The molecule has 0 aromatic heterocycles. The van der Waals surface area contributed by atoms with Crippen molar-refractivity contribution in [3.8, 4) is 5.75 Å². The maximum atomic E-state index is 12.1. The molecule has 2 aromatic carbocycles. The molecule has 3 rings (SSSR count). The molecule has 1 saturated heterocycles. The highest BCUT2D eigenvalue weighted by Crippen LogP contribution is 2.31. The topological polar surface area (TPSA) is 50.7 Å². The lowest BCUT2D eigenvalue weighted by atomic mass is 10.2. The van der Waals surface area contributed by atoms with Gasteiger partial charge in [-0.05, 0) is 53.7 Å². The minimum Gasteiger partial charge on any atom is -0.490 e. The molecule has 1 N–H and O–H groups in total. The zero-order valence-corrected chi connectivity index (χ0v) is 15.9. The van der Waals surface area contributed by atoms with E-state index in [9.17, 15) is 4.79 Å². The Kier molecular flexibility index (Phi) is 6.04. The average molecular weight is 405 g/mol. The third kappa shape index (κ3) is 4.69. The van der Waals surface area contributed by atoms with Gasteiger partial charge in [0.1, 0.15) is 12.4 Å². The van der Waals surface area contributed by atoms with Crippen molar-refractivity contribution in [3.05, 3.63) is 75.6 Å². The molecule has 132 valence electrons. The summed E-state index contributed by atoms with van der Waals surface area (Å²) in [7, 11) is 0. The van der Waals surface area contributed by atoms with Crippen LogP contribution in [-0.4, -0.2) is 17.7 Å². The van der Waals surface area contributed by atoms with E-state index in [1.807, 2.05) is 24.3 Å². The van der Waals surface area contributed by atoms with Gasteiger partial charge in [0.05, 0.1) is 20.6 Å². The molecule has 1 fully saturated rings. The first-order valence-electron chi connectivity index (χ1n) is 7.63. The number of amides is 1. The van der Waals surface area contributed by atoms with E-state index in [1.165, 1.54) is 11.8 Å². The van der Waals surface area contributed by atoms with Crippen LogP contribution in [-0.2, 0) is 4.79 Å². The largest absolute Gasteiger partial charge is 0.490 e. The van der Waals surface area contributed by atoms with Crippen LogP contribution in [0, 0.1) is 0 Å². The van der Waals surface area contributed by atoms with Gasteiger partial charge in [-0.2, -0.15) is 0 Å². The minimum atomic E-state index is -0.194. The van der Waals surface area contributed by atoms with Gasteiger partial charge in [0.15, 0.2) is 5.17 Å². The molecule has 7 heteroatoms. The molecule has 1 aliphatic heterocycles. The molecule has 0 saturated carbocycles. The Hall–Kier alpha value is -2.21. The van der Waals surface area contributed by atoms with Crippen LogP contribution in [0.4, 0.5) is 5.69 Å². The number of carbonyl (C=O) groups is 1. The Bertz CT molecular complexity index is 908. The lowest BCUT2D eigenvalue weighted by Gasteiger charge is -2.03. The number of hydrogen-bond acceptors (Lipinski definition) is 4. The van der Waals surface area contributed by atoms with Crippen molar-refractivity contribution >= 4 is 57.8 Å². The summed E-state index contributed by atoms with van der Waals surface area (Å²) in [5.41, 5.74) is 1.51. The number of rotatable bonds is 5. The van der Waals surface area contributed by atoms with Crippen molar-refractivity contribution < 1.29 is 9.53 Å². The quantitative estimate of drug-likeness (QED) is 0.532. The van der Waals surface area contributed by atoms with Gasteiger partial charge in [0, 0.05) is 0 Å². The van der Waals surface area contributed by atoms with Crippen molar-refractivity contribution in [1.82, 2.24) is 5.32 Å². The fraction of sp³-hybridized carbons (Fsp3) is 0.0526. The van der Waals surface area contributed by atoms with Crippen LogP contribution in [0.25, 0.3) is 6.08 Å². The predicted molar refractivity (Wildman–Crippen MR) is 109 cm³/mol. The van der Waals surface area contributed by atoms with E-state index in [0.717, 1.165) is 11.3 Å². The van der Waals surface area contributed by atoms with Gasteiger partial charge in [0.25, 0.3) is 5.91 Å². The molecule has 1 aliphatic rings. The lowest BCUT2D eigenvalue weighted by Crippen LogP contribution is -2.19. The van der Waals surface area contributed by atoms with Crippen molar-refractivity contribution in [2.24, 2.45) is 4.99 Å². The molecule has 2 aromatic rings. The second-order valence-corrected chi connectivity index (χ2v) is 7.09. The van der Waals surface area contributed by atoms with E-state index < -0.39 is 0 Å². The van der Waals surface area contributed by atoms with E-state index in [2.05, 4.69) is 16.9 Å². The van der Waals surface area contributed by atoms with Gasteiger partial charge in [0.2, 0.25) is 0 Å². The van der Waals surface area contributed by atoms with Crippen LogP contribution in [0.1, 0.15) is 5.56 Å². The smallest absolute Gasteiger partial charge is 0.264 e. The monoisotopic (exact) mass is 404 g/mol. The van der Waals surface area contributed by atoms with E-state index in [0.29, 0.717) is 32.4 Å². The number of nitrogens with one attached hydrogen (secondary N) is 1. The Balaban J connectivity index is 1.74. The number of ether oxygens (including phenoxy) is 1. The van der Waals surface area contributed by atoms with Gasteiger partial charge in [-0.3, -0.25) is 4.79 Å². The van der Waals surface area contributed by atoms with Crippen LogP contribution < -0.4 is 10.1 Å². The Morgan fingerprint density at radius 3 is 2.62 bits per heavy atom.